The Morgan fingerprint density at radius 2 is 1.96 bits per heavy atom. The number of hydrogen-bond acceptors (Lipinski definition) is 3. The van der Waals surface area contributed by atoms with E-state index in [9.17, 15) is 0 Å². The first-order chi connectivity index (χ1) is 11.1. The molecule has 1 fully saturated rings. The quantitative estimate of drug-likeness (QED) is 0.924. The average molecular weight is 310 g/mol. The molecular weight excluding hydrogens is 284 g/mol. The summed E-state index contributed by atoms with van der Waals surface area (Å²) in [5.41, 5.74) is 6.59. The SMILES string of the molecule is Cc1ccc(C)c(-n2nc(C3CCN(C)CC3)c3c2NCC3)c1. The van der Waals surface area contributed by atoms with Gasteiger partial charge in [0.15, 0.2) is 0 Å². The van der Waals surface area contributed by atoms with Crippen LogP contribution >= 0.6 is 0 Å². The van der Waals surface area contributed by atoms with Crippen molar-refractivity contribution in [2.45, 2.75) is 39.0 Å². The average Bonchev–Trinajstić information content (AvgIpc) is 3.13. The van der Waals surface area contributed by atoms with Gasteiger partial charge in [0.25, 0.3) is 0 Å². The lowest BCUT2D eigenvalue weighted by Gasteiger charge is -2.28. The Labute approximate surface area is 138 Å². The lowest BCUT2D eigenvalue weighted by Crippen LogP contribution is -2.29. The predicted octanol–water partition coefficient (Wildman–Crippen LogP) is 3.27. The summed E-state index contributed by atoms with van der Waals surface area (Å²) in [6.45, 7) is 7.73. The molecule has 0 bridgehead atoms. The molecule has 23 heavy (non-hydrogen) atoms. The molecule has 0 amide bonds. The highest BCUT2D eigenvalue weighted by molar-refractivity contribution is 5.59. The van der Waals surface area contributed by atoms with Crippen molar-refractivity contribution in [2.24, 2.45) is 0 Å². The number of fused-ring (bicyclic) bond motifs is 1. The van der Waals surface area contributed by atoms with Gasteiger partial charge in [-0.25, -0.2) is 4.68 Å². The number of rotatable bonds is 2. The molecule has 3 heterocycles. The third-order valence-corrected chi connectivity index (χ3v) is 5.38. The highest BCUT2D eigenvalue weighted by atomic mass is 15.3. The van der Waals surface area contributed by atoms with Crippen LogP contribution in [-0.4, -0.2) is 41.4 Å². The van der Waals surface area contributed by atoms with E-state index in [0.29, 0.717) is 5.92 Å². The maximum absolute atomic E-state index is 5.09. The fraction of sp³-hybridized carbons (Fsp3) is 0.526. The van der Waals surface area contributed by atoms with Gasteiger partial charge in [-0.3, -0.25) is 0 Å². The second-order valence-corrected chi connectivity index (χ2v) is 7.17. The maximum atomic E-state index is 5.09. The summed E-state index contributed by atoms with van der Waals surface area (Å²) in [5.74, 6) is 1.85. The van der Waals surface area contributed by atoms with Crippen LogP contribution in [0, 0.1) is 13.8 Å². The smallest absolute Gasteiger partial charge is 0.133 e. The normalized spacial score (nSPS) is 18.9. The number of nitrogens with one attached hydrogen (secondary N) is 1. The van der Waals surface area contributed by atoms with Gasteiger partial charge in [-0.1, -0.05) is 12.1 Å². The number of anilines is 1. The van der Waals surface area contributed by atoms with E-state index in [2.05, 4.69) is 54.0 Å². The standard InChI is InChI=1S/C19H26N4/c1-13-4-5-14(2)17(12-13)23-19-16(6-9-20-19)18(21-23)15-7-10-22(3)11-8-15/h4-5,12,15,20H,6-11H2,1-3H3. The van der Waals surface area contributed by atoms with Gasteiger partial charge in [-0.15, -0.1) is 0 Å². The second kappa shape index (κ2) is 5.68. The molecule has 0 radical (unpaired) electrons. The summed E-state index contributed by atoms with van der Waals surface area (Å²) >= 11 is 0. The van der Waals surface area contributed by atoms with Gasteiger partial charge in [-0.05, 0) is 70.4 Å². The van der Waals surface area contributed by atoms with E-state index < -0.39 is 0 Å². The maximum Gasteiger partial charge on any atom is 0.133 e. The van der Waals surface area contributed by atoms with Crippen LogP contribution in [0.2, 0.25) is 0 Å². The Morgan fingerprint density at radius 1 is 1.17 bits per heavy atom. The summed E-state index contributed by atoms with van der Waals surface area (Å²) in [5, 5.41) is 8.66. The van der Waals surface area contributed by atoms with E-state index >= 15 is 0 Å². The molecule has 1 aromatic heterocycles. The Hall–Kier alpha value is -1.81. The molecule has 1 aromatic carbocycles. The zero-order chi connectivity index (χ0) is 16.0. The largest absolute Gasteiger partial charge is 0.369 e. The molecule has 1 N–H and O–H groups in total. The van der Waals surface area contributed by atoms with Gasteiger partial charge < -0.3 is 10.2 Å². The number of aromatic nitrogens is 2. The molecule has 0 unspecified atom stereocenters. The molecule has 4 nitrogen and oxygen atoms in total. The van der Waals surface area contributed by atoms with Gasteiger partial charge in [0, 0.05) is 18.0 Å². The number of nitrogens with zero attached hydrogens (tertiary/aromatic N) is 3. The van der Waals surface area contributed by atoms with E-state index in [0.717, 1.165) is 13.0 Å². The molecule has 4 rings (SSSR count). The first-order valence-corrected chi connectivity index (χ1v) is 8.75. The topological polar surface area (TPSA) is 33.1 Å². The van der Waals surface area contributed by atoms with Gasteiger partial charge in [0.2, 0.25) is 0 Å². The highest BCUT2D eigenvalue weighted by Crippen LogP contribution is 2.37. The van der Waals surface area contributed by atoms with Crippen LogP contribution < -0.4 is 5.32 Å². The number of likely N-dealkylation sites (tertiary alicyclic amines) is 1. The van der Waals surface area contributed by atoms with E-state index in [4.69, 9.17) is 5.10 Å². The molecule has 2 aliphatic heterocycles. The minimum atomic E-state index is 0.617. The number of benzene rings is 1. The lowest BCUT2D eigenvalue weighted by molar-refractivity contribution is 0.252. The molecule has 0 spiro atoms. The minimum absolute atomic E-state index is 0.617. The monoisotopic (exact) mass is 310 g/mol. The third kappa shape index (κ3) is 2.55. The van der Waals surface area contributed by atoms with Crippen LogP contribution in [0.15, 0.2) is 18.2 Å². The predicted molar refractivity (Wildman–Crippen MR) is 94.7 cm³/mol. The zero-order valence-corrected chi connectivity index (χ0v) is 14.4. The fourth-order valence-corrected chi connectivity index (χ4v) is 3.93. The zero-order valence-electron chi connectivity index (χ0n) is 14.4. The summed E-state index contributed by atoms with van der Waals surface area (Å²) in [6.07, 6.45) is 3.57. The van der Waals surface area contributed by atoms with Crippen LogP contribution in [0.25, 0.3) is 5.69 Å². The van der Waals surface area contributed by atoms with Gasteiger partial charge in [0.1, 0.15) is 5.82 Å². The molecule has 1 saturated heterocycles. The summed E-state index contributed by atoms with van der Waals surface area (Å²) in [6, 6.07) is 6.62. The first kappa shape index (κ1) is 14.8. The van der Waals surface area contributed by atoms with Crippen molar-refractivity contribution < 1.29 is 0 Å². The first-order valence-electron chi connectivity index (χ1n) is 8.75. The third-order valence-electron chi connectivity index (χ3n) is 5.38. The molecule has 2 aliphatic rings. The van der Waals surface area contributed by atoms with Crippen molar-refractivity contribution in [3.63, 3.8) is 0 Å². The second-order valence-electron chi connectivity index (χ2n) is 7.17. The van der Waals surface area contributed by atoms with Crippen molar-refractivity contribution >= 4 is 5.82 Å². The van der Waals surface area contributed by atoms with Gasteiger partial charge in [0.05, 0.1) is 11.4 Å². The summed E-state index contributed by atoms with van der Waals surface area (Å²) in [7, 11) is 2.22. The molecule has 2 aromatic rings. The Morgan fingerprint density at radius 3 is 2.74 bits per heavy atom. The van der Waals surface area contributed by atoms with E-state index in [1.54, 1.807) is 0 Å². The summed E-state index contributed by atoms with van der Waals surface area (Å²) in [4.78, 5) is 2.43. The van der Waals surface area contributed by atoms with Gasteiger partial charge in [-0.2, -0.15) is 5.10 Å². The summed E-state index contributed by atoms with van der Waals surface area (Å²) < 4.78 is 2.16. The molecule has 4 heteroatoms. The van der Waals surface area contributed by atoms with Crippen LogP contribution in [0.4, 0.5) is 5.82 Å². The highest BCUT2D eigenvalue weighted by Gasteiger charge is 2.29. The molecule has 0 saturated carbocycles. The Balaban J connectivity index is 1.77. The van der Waals surface area contributed by atoms with Crippen molar-refractivity contribution in [1.82, 2.24) is 14.7 Å². The van der Waals surface area contributed by atoms with Crippen molar-refractivity contribution in [3.05, 3.63) is 40.6 Å². The van der Waals surface area contributed by atoms with Crippen molar-refractivity contribution in [1.29, 1.82) is 0 Å². The van der Waals surface area contributed by atoms with E-state index in [-0.39, 0.29) is 0 Å². The lowest BCUT2D eigenvalue weighted by atomic mass is 9.91. The van der Waals surface area contributed by atoms with Crippen LogP contribution in [0.3, 0.4) is 0 Å². The molecule has 122 valence electrons. The molecule has 0 atom stereocenters. The van der Waals surface area contributed by atoms with E-state index in [1.165, 1.54) is 59.8 Å². The van der Waals surface area contributed by atoms with Crippen molar-refractivity contribution in [2.75, 3.05) is 32.0 Å². The van der Waals surface area contributed by atoms with Crippen LogP contribution in [0.5, 0.6) is 0 Å². The number of hydrogen-bond donors (Lipinski definition) is 1. The number of aryl methyl sites for hydroxylation is 2. The Kier molecular flexibility index (Phi) is 3.64. The van der Waals surface area contributed by atoms with E-state index in [1.807, 2.05) is 0 Å². The molecular formula is C19H26N4. The molecule has 0 aliphatic carbocycles. The minimum Gasteiger partial charge on any atom is -0.369 e. The van der Waals surface area contributed by atoms with Crippen molar-refractivity contribution in [3.8, 4) is 5.69 Å². The van der Waals surface area contributed by atoms with Crippen LogP contribution in [-0.2, 0) is 6.42 Å². The van der Waals surface area contributed by atoms with Crippen LogP contribution in [0.1, 0.15) is 41.1 Å². The fourth-order valence-electron chi connectivity index (χ4n) is 3.93. The number of piperidine rings is 1. The Bertz CT molecular complexity index is 723. The van der Waals surface area contributed by atoms with Gasteiger partial charge >= 0.3 is 0 Å².